The lowest BCUT2D eigenvalue weighted by Gasteiger charge is -2.37. The maximum atomic E-state index is 6.21. The molecule has 1 unspecified atom stereocenters. The summed E-state index contributed by atoms with van der Waals surface area (Å²) in [4.78, 5) is 0. The van der Waals surface area contributed by atoms with Gasteiger partial charge in [0.05, 0.1) is 17.7 Å². The van der Waals surface area contributed by atoms with Gasteiger partial charge in [0.2, 0.25) is 0 Å². The number of nitrogens with one attached hydrogen (secondary N) is 2. The number of benzene rings is 1. The van der Waals surface area contributed by atoms with E-state index in [0.29, 0.717) is 5.02 Å². The van der Waals surface area contributed by atoms with Crippen LogP contribution in [0.5, 0.6) is 5.75 Å². The van der Waals surface area contributed by atoms with Crippen LogP contribution >= 0.6 is 11.6 Å². The maximum absolute atomic E-state index is 6.21. The van der Waals surface area contributed by atoms with Gasteiger partial charge in [0.15, 0.2) is 0 Å². The molecule has 1 atom stereocenters. The lowest BCUT2D eigenvalue weighted by molar-refractivity contribution is 0.301. The molecule has 0 radical (unpaired) electrons. The minimum atomic E-state index is -0.0573. The molecule has 1 fully saturated rings. The van der Waals surface area contributed by atoms with Gasteiger partial charge in [0, 0.05) is 19.6 Å². The number of halogens is 1. The normalized spacial score (nSPS) is 24.7. The van der Waals surface area contributed by atoms with Crippen LogP contribution in [-0.4, -0.2) is 26.7 Å². The molecular formula is C13H19ClN2O. The third-order valence-electron chi connectivity index (χ3n) is 3.39. The standard InChI is InChI=1S/C13H19ClN2O/c1-9-6-12(17-3)11(14)7-10(9)13(2)8-15-4-5-16-13/h6-7,15-16H,4-5,8H2,1-3H3. The van der Waals surface area contributed by atoms with Gasteiger partial charge in [-0.15, -0.1) is 0 Å². The Hall–Kier alpha value is -0.770. The highest BCUT2D eigenvalue weighted by atomic mass is 35.5. The first-order valence-corrected chi connectivity index (χ1v) is 6.25. The Balaban J connectivity index is 2.41. The first kappa shape index (κ1) is 12.7. The summed E-state index contributed by atoms with van der Waals surface area (Å²) in [7, 11) is 1.64. The minimum absolute atomic E-state index is 0.0573. The second-order valence-corrected chi connectivity index (χ2v) is 5.14. The molecule has 1 aromatic carbocycles. The Labute approximate surface area is 107 Å². The summed E-state index contributed by atoms with van der Waals surface area (Å²) in [6.07, 6.45) is 0. The number of hydrogen-bond acceptors (Lipinski definition) is 3. The van der Waals surface area contributed by atoms with Gasteiger partial charge in [-0.25, -0.2) is 0 Å². The molecule has 0 bridgehead atoms. The predicted octanol–water partition coefficient (Wildman–Crippen LogP) is 2.07. The van der Waals surface area contributed by atoms with Crippen molar-refractivity contribution in [2.24, 2.45) is 0 Å². The van der Waals surface area contributed by atoms with E-state index >= 15 is 0 Å². The summed E-state index contributed by atoms with van der Waals surface area (Å²) in [5, 5.41) is 7.64. The van der Waals surface area contributed by atoms with E-state index in [1.54, 1.807) is 7.11 Å². The van der Waals surface area contributed by atoms with Gasteiger partial charge in [0.1, 0.15) is 5.75 Å². The number of ether oxygens (including phenoxy) is 1. The van der Waals surface area contributed by atoms with E-state index in [4.69, 9.17) is 16.3 Å². The molecule has 4 heteroatoms. The Morgan fingerprint density at radius 3 is 2.71 bits per heavy atom. The van der Waals surface area contributed by atoms with Crippen molar-refractivity contribution < 1.29 is 4.74 Å². The Bertz CT molecular complexity index is 414. The van der Waals surface area contributed by atoms with Gasteiger partial charge in [0.25, 0.3) is 0 Å². The van der Waals surface area contributed by atoms with E-state index < -0.39 is 0 Å². The van der Waals surface area contributed by atoms with E-state index in [0.717, 1.165) is 25.4 Å². The highest BCUT2D eigenvalue weighted by Crippen LogP contribution is 2.33. The van der Waals surface area contributed by atoms with Crippen molar-refractivity contribution >= 4 is 11.6 Å². The van der Waals surface area contributed by atoms with Crippen LogP contribution in [0.2, 0.25) is 5.02 Å². The van der Waals surface area contributed by atoms with E-state index in [2.05, 4.69) is 24.5 Å². The molecule has 1 saturated heterocycles. The smallest absolute Gasteiger partial charge is 0.137 e. The largest absolute Gasteiger partial charge is 0.495 e. The van der Waals surface area contributed by atoms with Crippen LogP contribution in [0.1, 0.15) is 18.1 Å². The second kappa shape index (κ2) is 4.84. The SMILES string of the molecule is COc1cc(C)c(C2(C)CNCCN2)cc1Cl. The molecule has 2 N–H and O–H groups in total. The minimum Gasteiger partial charge on any atom is -0.495 e. The topological polar surface area (TPSA) is 33.3 Å². The number of methoxy groups -OCH3 is 1. The fraction of sp³-hybridized carbons (Fsp3) is 0.538. The Morgan fingerprint density at radius 2 is 2.12 bits per heavy atom. The summed E-state index contributed by atoms with van der Waals surface area (Å²) in [5.74, 6) is 0.736. The molecule has 17 heavy (non-hydrogen) atoms. The second-order valence-electron chi connectivity index (χ2n) is 4.74. The molecule has 1 aliphatic rings. The van der Waals surface area contributed by atoms with Gasteiger partial charge in [-0.05, 0) is 37.1 Å². The van der Waals surface area contributed by atoms with E-state index in [9.17, 15) is 0 Å². The summed E-state index contributed by atoms with van der Waals surface area (Å²) < 4.78 is 5.23. The first-order chi connectivity index (χ1) is 8.07. The summed E-state index contributed by atoms with van der Waals surface area (Å²) in [5.41, 5.74) is 2.37. The zero-order valence-corrected chi connectivity index (χ0v) is 11.3. The quantitative estimate of drug-likeness (QED) is 0.848. The Kier molecular flexibility index (Phi) is 3.61. The fourth-order valence-corrected chi connectivity index (χ4v) is 2.66. The van der Waals surface area contributed by atoms with E-state index in [-0.39, 0.29) is 5.54 Å². The number of hydrogen-bond donors (Lipinski definition) is 2. The molecule has 3 nitrogen and oxygen atoms in total. The molecule has 0 amide bonds. The zero-order valence-electron chi connectivity index (χ0n) is 10.6. The third-order valence-corrected chi connectivity index (χ3v) is 3.68. The molecule has 0 saturated carbocycles. The van der Waals surface area contributed by atoms with E-state index in [1.807, 2.05) is 12.1 Å². The third kappa shape index (κ3) is 2.41. The highest BCUT2D eigenvalue weighted by Gasteiger charge is 2.30. The molecule has 1 aliphatic heterocycles. The highest BCUT2D eigenvalue weighted by molar-refractivity contribution is 6.32. The average molecular weight is 255 g/mol. The molecule has 1 heterocycles. The van der Waals surface area contributed by atoms with Crippen LogP contribution in [0.4, 0.5) is 0 Å². The number of aryl methyl sites for hydroxylation is 1. The van der Waals surface area contributed by atoms with Crippen molar-refractivity contribution in [1.82, 2.24) is 10.6 Å². The van der Waals surface area contributed by atoms with Crippen molar-refractivity contribution in [3.05, 3.63) is 28.3 Å². The Morgan fingerprint density at radius 1 is 1.35 bits per heavy atom. The van der Waals surface area contributed by atoms with Crippen LogP contribution in [0.3, 0.4) is 0 Å². The maximum Gasteiger partial charge on any atom is 0.137 e. The van der Waals surface area contributed by atoms with Crippen molar-refractivity contribution in [3.8, 4) is 5.75 Å². The van der Waals surface area contributed by atoms with Crippen LogP contribution < -0.4 is 15.4 Å². The fourth-order valence-electron chi connectivity index (χ4n) is 2.42. The lowest BCUT2D eigenvalue weighted by Crippen LogP contribution is -2.55. The zero-order chi connectivity index (χ0) is 12.5. The molecule has 1 aromatic rings. The molecular weight excluding hydrogens is 236 g/mol. The lowest BCUT2D eigenvalue weighted by atomic mass is 9.87. The van der Waals surface area contributed by atoms with Crippen LogP contribution in [0, 0.1) is 6.92 Å². The van der Waals surface area contributed by atoms with Gasteiger partial charge >= 0.3 is 0 Å². The monoisotopic (exact) mass is 254 g/mol. The average Bonchev–Trinajstić information content (AvgIpc) is 2.32. The van der Waals surface area contributed by atoms with Crippen LogP contribution in [0.25, 0.3) is 0 Å². The number of piperazine rings is 1. The summed E-state index contributed by atoms with van der Waals surface area (Å²) >= 11 is 6.21. The molecule has 0 aromatic heterocycles. The van der Waals surface area contributed by atoms with Gasteiger partial charge < -0.3 is 15.4 Å². The van der Waals surface area contributed by atoms with Crippen molar-refractivity contribution in [1.29, 1.82) is 0 Å². The summed E-state index contributed by atoms with van der Waals surface area (Å²) in [6.45, 7) is 7.19. The molecule has 0 aliphatic carbocycles. The van der Waals surface area contributed by atoms with Gasteiger partial charge in [-0.1, -0.05) is 11.6 Å². The van der Waals surface area contributed by atoms with Crippen molar-refractivity contribution in [2.75, 3.05) is 26.7 Å². The molecule has 0 spiro atoms. The van der Waals surface area contributed by atoms with Gasteiger partial charge in [-0.3, -0.25) is 0 Å². The van der Waals surface area contributed by atoms with Crippen LogP contribution in [-0.2, 0) is 5.54 Å². The van der Waals surface area contributed by atoms with E-state index in [1.165, 1.54) is 11.1 Å². The van der Waals surface area contributed by atoms with Crippen LogP contribution in [0.15, 0.2) is 12.1 Å². The number of rotatable bonds is 2. The first-order valence-electron chi connectivity index (χ1n) is 5.87. The molecule has 2 rings (SSSR count). The summed E-state index contributed by atoms with van der Waals surface area (Å²) in [6, 6.07) is 4.01. The predicted molar refractivity (Wildman–Crippen MR) is 71.0 cm³/mol. The molecule has 94 valence electrons. The van der Waals surface area contributed by atoms with Crippen molar-refractivity contribution in [2.45, 2.75) is 19.4 Å². The van der Waals surface area contributed by atoms with Gasteiger partial charge in [-0.2, -0.15) is 0 Å². The van der Waals surface area contributed by atoms with Crippen molar-refractivity contribution in [3.63, 3.8) is 0 Å².